The van der Waals surface area contributed by atoms with Crippen molar-refractivity contribution >= 4 is 17.4 Å². The molecule has 1 rings (SSSR count). The van der Waals surface area contributed by atoms with Crippen molar-refractivity contribution in [2.75, 3.05) is 0 Å². The number of rotatable bonds is 3. The first-order chi connectivity index (χ1) is 7.57. The quantitative estimate of drug-likeness (QED) is 0.610. The third-order valence-corrected chi connectivity index (χ3v) is 2.89. The molecule has 2 unspecified atom stereocenters. The molecule has 16 heavy (non-hydrogen) atoms. The number of carbonyl (C=O) groups excluding carboxylic acids is 1. The molecule has 0 radical (unpaired) electrons. The van der Waals surface area contributed by atoms with Gasteiger partial charge in [0.15, 0.2) is 0 Å². The maximum absolute atomic E-state index is 11.4. The van der Waals surface area contributed by atoms with E-state index in [1.165, 1.54) is 0 Å². The van der Waals surface area contributed by atoms with Crippen LogP contribution in [-0.2, 0) is 4.79 Å². The lowest BCUT2D eigenvalue weighted by atomic mass is 9.93. The molecule has 1 saturated carbocycles. The molecule has 90 valence electrons. The van der Waals surface area contributed by atoms with E-state index < -0.39 is 6.10 Å². The summed E-state index contributed by atoms with van der Waals surface area (Å²) >= 11 is 5.73. The first-order valence-electron chi connectivity index (χ1n) is 5.29. The number of allylic oxidation sites excluding steroid dienone is 1. The van der Waals surface area contributed by atoms with Crippen LogP contribution in [0, 0.1) is 5.92 Å². The van der Waals surface area contributed by atoms with Gasteiger partial charge < -0.3 is 5.11 Å². The van der Waals surface area contributed by atoms with Crippen molar-refractivity contribution in [3.63, 3.8) is 0 Å². The minimum atomic E-state index is -0.778. The normalized spacial score (nSPS) is 22.3. The van der Waals surface area contributed by atoms with Crippen LogP contribution in [0.3, 0.4) is 0 Å². The molecule has 0 aliphatic heterocycles. The molecule has 0 aromatic carbocycles. The van der Waals surface area contributed by atoms with Crippen LogP contribution in [0.25, 0.3) is 0 Å². The lowest BCUT2D eigenvalue weighted by Crippen LogP contribution is -2.26. The fourth-order valence-electron chi connectivity index (χ4n) is 1.88. The molecule has 2 nitrogen and oxygen atoms in total. The van der Waals surface area contributed by atoms with Crippen molar-refractivity contribution in [2.45, 2.75) is 32.3 Å². The van der Waals surface area contributed by atoms with E-state index >= 15 is 0 Å². The van der Waals surface area contributed by atoms with Crippen molar-refractivity contribution in [3.8, 4) is 0 Å². The summed E-state index contributed by atoms with van der Waals surface area (Å²) in [4.78, 5) is 11.4. The summed E-state index contributed by atoms with van der Waals surface area (Å²) in [5.74, 6) is -0.147. The second-order valence-corrected chi connectivity index (χ2v) is 4.02. The molecule has 0 bridgehead atoms. The second-order valence-electron chi connectivity index (χ2n) is 3.56. The van der Waals surface area contributed by atoms with Crippen molar-refractivity contribution in [1.29, 1.82) is 0 Å². The Hall–Kier alpha value is -0.860. The van der Waals surface area contributed by atoms with E-state index in [1.54, 1.807) is 13.0 Å². The first kappa shape index (κ1) is 15.1. The van der Waals surface area contributed by atoms with Crippen molar-refractivity contribution in [3.05, 3.63) is 36.4 Å². The van der Waals surface area contributed by atoms with Crippen LogP contribution in [0.4, 0.5) is 0 Å². The zero-order valence-electron chi connectivity index (χ0n) is 9.71. The summed E-state index contributed by atoms with van der Waals surface area (Å²) in [5.41, 5.74) is 0.576. The van der Waals surface area contributed by atoms with Gasteiger partial charge in [-0.3, -0.25) is 4.79 Å². The molecule has 0 aromatic rings. The monoisotopic (exact) mass is 242 g/mol. The zero-order chi connectivity index (χ0) is 12.7. The predicted octanol–water partition coefficient (Wildman–Crippen LogP) is 3.22. The van der Waals surface area contributed by atoms with Crippen molar-refractivity contribution < 1.29 is 9.90 Å². The summed E-state index contributed by atoms with van der Waals surface area (Å²) in [7, 11) is 0. The third kappa shape index (κ3) is 3.62. The van der Waals surface area contributed by atoms with Gasteiger partial charge in [0.1, 0.15) is 5.78 Å². The Balaban J connectivity index is 0.00000106. The Kier molecular flexibility index (Phi) is 7.02. The standard InChI is InChI=1S/C11H15ClO2.C2H4/c1-3-8(7(2)12)11(14)9-5-4-6-10(9)13;1-2/h3,9,11,14H,2,4-6H2,1H3;1-2H2/b8-3+;. The summed E-state index contributed by atoms with van der Waals surface area (Å²) < 4.78 is 0. The van der Waals surface area contributed by atoms with Gasteiger partial charge in [0.2, 0.25) is 0 Å². The van der Waals surface area contributed by atoms with Gasteiger partial charge in [-0.25, -0.2) is 0 Å². The topological polar surface area (TPSA) is 37.3 Å². The molecule has 2 atom stereocenters. The second kappa shape index (κ2) is 7.42. The lowest BCUT2D eigenvalue weighted by Gasteiger charge is -2.19. The van der Waals surface area contributed by atoms with Gasteiger partial charge in [0.05, 0.1) is 6.10 Å². The van der Waals surface area contributed by atoms with Crippen LogP contribution < -0.4 is 0 Å². The minimum Gasteiger partial charge on any atom is -0.388 e. The van der Waals surface area contributed by atoms with Crippen LogP contribution in [-0.4, -0.2) is 17.0 Å². The fourth-order valence-corrected chi connectivity index (χ4v) is 2.10. The molecule has 0 spiro atoms. The highest BCUT2D eigenvalue weighted by molar-refractivity contribution is 6.31. The number of aliphatic hydroxyl groups excluding tert-OH is 1. The van der Waals surface area contributed by atoms with E-state index in [2.05, 4.69) is 19.7 Å². The average Bonchev–Trinajstić information content (AvgIpc) is 2.67. The molecule has 1 fully saturated rings. The smallest absolute Gasteiger partial charge is 0.138 e. The number of hydrogen-bond donors (Lipinski definition) is 1. The van der Waals surface area contributed by atoms with E-state index in [-0.39, 0.29) is 11.7 Å². The molecule has 0 aromatic heterocycles. The number of Topliss-reactive ketones (excluding diaryl/α,β-unsaturated/α-hetero) is 1. The highest BCUT2D eigenvalue weighted by atomic mass is 35.5. The van der Waals surface area contributed by atoms with Gasteiger partial charge in [-0.05, 0) is 25.3 Å². The van der Waals surface area contributed by atoms with E-state index in [1.807, 2.05) is 0 Å². The Morgan fingerprint density at radius 2 is 2.19 bits per heavy atom. The highest BCUT2D eigenvalue weighted by Gasteiger charge is 2.33. The Morgan fingerprint density at radius 1 is 1.62 bits per heavy atom. The summed E-state index contributed by atoms with van der Waals surface area (Å²) in [5, 5.41) is 10.2. The third-order valence-electron chi connectivity index (χ3n) is 2.68. The number of hydrogen-bond acceptors (Lipinski definition) is 2. The van der Waals surface area contributed by atoms with Crippen molar-refractivity contribution in [2.24, 2.45) is 5.92 Å². The van der Waals surface area contributed by atoms with Gasteiger partial charge in [-0.1, -0.05) is 24.3 Å². The number of halogens is 1. The first-order valence-corrected chi connectivity index (χ1v) is 5.67. The van der Waals surface area contributed by atoms with Crippen LogP contribution in [0.1, 0.15) is 26.2 Å². The van der Waals surface area contributed by atoms with Crippen LogP contribution in [0.15, 0.2) is 36.4 Å². The number of ketones is 1. The van der Waals surface area contributed by atoms with Crippen molar-refractivity contribution in [1.82, 2.24) is 0 Å². The largest absolute Gasteiger partial charge is 0.388 e. The van der Waals surface area contributed by atoms with Gasteiger partial charge in [0, 0.05) is 17.4 Å². The summed E-state index contributed by atoms with van der Waals surface area (Å²) in [6.07, 6.45) is 3.13. The molecule has 1 aliphatic carbocycles. The van der Waals surface area contributed by atoms with E-state index in [9.17, 15) is 9.90 Å². The van der Waals surface area contributed by atoms with E-state index in [0.717, 1.165) is 12.8 Å². The van der Waals surface area contributed by atoms with Crippen LogP contribution in [0.5, 0.6) is 0 Å². The average molecular weight is 243 g/mol. The van der Waals surface area contributed by atoms with Crippen LogP contribution in [0.2, 0.25) is 0 Å². The maximum atomic E-state index is 11.4. The highest BCUT2D eigenvalue weighted by Crippen LogP contribution is 2.30. The maximum Gasteiger partial charge on any atom is 0.138 e. The minimum absolute atomic E-state index is 0.134. The predicted molar refractivity (Wildman–Crippen MR) is 68.4 cm³/mol. The lowest BCUT2D eigenvalue weighted by molar-refractivity contribution is -0.122. The number of carbonyl (C=O) groups is 1. The Bertz CT molecular complexity index is 294. The van der Waals surface area contributed by atoms with Gasteiger partial charge >= 0.3 is 0 Å². The molecule has 0 heterocycles. The van der Waals surface area contributed by atoms with Gasteiger partial charge in [-0.2, -0.15) is 0 Å². The van der Waals surface area contributed by atoms with E-state index in [0.29, 0.717) is 17.0 Å². The molecule has 0 amide bonds. The Labute approximate surface area is 102 Å². The molecule has 1 aliphatic rings. The summed E-state index contributed by atoms with van der Waals surface area (Å²) in [6, 6.07) is 0. The Morgan fingerprint density at radius 3 is 2.50 bits per heavy atom. The molecular formula is C13H19ClO2. The molecular weight excluding hydrogens is 224 g/mol. The molecule has 1 N–H and O–H groups in total. The molecule has 0 saturated heterocycles. The summed E-state index contributed by atoms with van der Waals surface area (Å²) in [6.45, 7) is 11.4. The number of aliphatic hydroxyl groups is 1. The SMILES string of the molecule is C=C.C=C(Cl)/C(=C\C)C(O)C1CCCC1=O. The zero-order valence-corrected chi connectivity index (χ0v) is 10.5. The van der Waals surface area contributed by atoms with Gasteiger partial charge in [0.25, 0.3) is 0 Å². The van der Waals surface area contributed by atoms with Gasteiger partial charge in [-0.15, -0.1) is 13.2 Å². The fraction of sp³-hybridized carbons (Fsp3) is 0.462. The van der Waals surface area contributed by atoms with Crippen LogP contribution >= 0.6 is 11.6 Å². The van der Waals surface area contributed by atoms with E-state index in [4.69, 9.17) is 11.6 Å². The molecule has 3 heteroatoms.